The molecule has 38 heteroatoms. The summed E-state index contributed by atoms with van der Waals surface area (Å²) in [6.07, 6.45) is 2.06. The van der Waals surface area contributed by atoms with Crippen LogP contribution in [0.5, 0.6) is 0 Å². The first-order valence-corrected chi connectivity index (χ1v) is 29.2. The normalized spacial score (nSPS) is 13.4. The Labute approximate surface area is 431 Å². The van der Waals surface area contributed by atoms with Crippen LogP contribution in [0, 0.1) is 0 Å². The van der Waals surface area contributed by atoms with Gasteiger partial charge in [0, 0.05) is 23.5 Å². The Morgan fingerprint density at radius 2 is 0.697 bits per heavy atom. The smallest absolute Gasteiger partial charge is 0.296 e. The summed E-state index contributed by atoms with van der Waals surface area (Å²) in [6, 6.07) is 8.87. The van der Waals surface area contributed by atoms with Crippen LogP contribution in [0.4, 0.5) is 58.4 Å². The summed E-state index contributed by atoms with van der Waals surface area (Å²) in [6.45, 7) is 2.04. The predicted molar refractivity (Wildman–Crippen MR) is 267 cm³/mol. The number of benzene rings is 4. The number of hydrogen-bond acceptors (Lipinski definition) is 26. The summed E-state index contributed by atoms with van der Waals surface area (Å²) in [5.74, 6) is -2.67. The van der Waals surface area contributed by atoms with Crippen LogP contribution in [0.2, 0.25) is 0 Å². The molecule has 14 N–H and O–H groups in total. The van der Waals surface area contributed by atoms with Crippen LogP contribution < -0.4 is 31.9 Å². The Kier molecular flexibility index (Phi) is 17.0. The average Bonchev–Trinajstić information content (AvgIpc) is 3.29. The van der Waals surface area contributed by atoms with Crippen molar-refractivity contribution in [3.63, 3.8) is 0 Å². The van der Waals surface area contributed by atoms with Crippen molar-refractivity contribution < 1.29 is 88.0 Å². The molecule has 6 rings (SSSR count). The van der Waals surface area contributed by atoms with Crippen molar-refractivity contribution >= 4 is 131 Å². The van der Waals surface area contributed by atoms with Gasteiger partial charge >= 0.3 is 0 Å². The fourth-order valence-corrected chi connectivity index (χ4v) is 9.94. The summed E-state index contributed by atoms with van der Waals surface area (Å²) >= 11 is 0. The molecule has 4 aromatic carbocycles. The molecule has 2 aromatic heterocycles. The molecule has 0 aliphatic rings. The van der Waals surface area contributed by atoms with E-state index in [2.05, 4.69) is 61.8 Å². The fourth-order valence-electron chi connectivity index (χ4n) is 6.25. The molecule has 2 heterocycles. The first-order chi connectivity index (χ1) is 35.1. The Bertz CT molecular complexity index is 3730. The van der Waals surface area contributed by atoms with Crippen LogP contribution in [-0.2, 0) is 60.7 Å². The van der Waals surface area contributed by atoms with Gasteiger partial charge in [0.1, 0.15) is 19.6 Å². The van der Waals surface area contributed by atoms with E-state index in [0.29, 0.717) is 36.4 Å². The second-order valence-corrected chi connectivity index (χ2v) is 24.0. The second-order valence-electron chi connectivity index (χ2n) is 15.6. The molecular weight excluding hydrogens is 1140 g/mol. The molecule has 0 aliphatic carbocycles. The van der Waals surface area contributed by atoms with Gasteiger partial charge in [-0.3, -0.25) is 27.3 Å². The largest absolute Gasteiger partial charge is 0.394 e. The van der Waals surface area contributed by atoms with Crippen molar-refractivity contribution in [1.82, 2.24) is 29.9 Å². The lowest BCUT2D eigenvalue weighted by Gasteiger charge is -2.15. The van der Waals surface area contributed by atoms with E-state index in [1.807, 2.05) is 0 Å². The molecule has 0 aliphatic heterocycles. The zero-order valence-electron chi connectivity index (χ0n) is 38.3. The van der Waals surface area contributed by atoms with Gasteiger partial charge in [-0.2, -0.15) is 80.4 Å². The highest BCUT2D eigenvalue weighted by molar-refractivity contribution is 7.87. The minimum absolute atomic E-state index is 0.171. The van der Waals surface area contributed by atoms with E-state index in [-0.39, 0.29) is 34.4 Å². The van der Waals surface area contributed by atoms with Crippen molar-refractivity contribution in [3.05, 3.63) is 83.9 Å². The molecule has 32 nitrogen and oxygen atoms in total. The Morgan fingerprint density at radius 1 is 0.395 bits per heavy atom. The van der Waals surface area contributed by atoms with Crippen LogP contribution in [0.1, 0.15) is 25.0 Å². The van der Waals surface area contributed by atoms with Crippen LogP contribution >= 0.6 is 0 Å². The van der Waals surface area contributed by atoms with Crippen LogP contribution in [-0.4, -0.2) is 143 Å². The number of anilines is 10. The van der Waals surface area contributed by atoms with Crippen molar-refractivity contribution in [2.75, 3.05) is 45.1 Å². The van der Waals surface area contributed by atoms with E-state index in [0.717, 1.165) is 36.4 Å². The summed E-state index contributed by atoms with van der Waals surface area (Å²) < 4.78 is 206. The van der Waals surface area contributed by atoms with Gasteiger partial charge in [0.05, 0.1) is 34.4 Å². The van der Waals surface area contributed by atoms with Crippen LogP contribution in [0.25, 0.3) is 12.2 Å². The molecule has 2 atom stereocenters. The Morgan fingerprint density at radius 3 is 0.987 bits per heavy atom. The van der Waals surface area contributed by atoms with Crippen LogP contribution in [0.15, 0.2) is 102 Å². The van der Waals surface area contributed by atoms with Gasteiger partial charge in [-0.05, 0) is 85.6 Å². The molecule has 0 bridgehead atoms. The maximum atomic E-state index is 12.8. The van der Waals surface area contributed by atoms with Gasteiger partial charge in [0.15, 0.2) is 0 Å². The second kappa shape index (κ2) is 22.2. The van der Waals surface area contributed by atoms with Crippen molar-refractivity contribution in [1.29, 1.82) is 0 Å². The number of hydrogen-bond donors (Lipinski definition) is 14. The topological polar surface area (TPSA) is 516 Å². The van der Waals surface area contributed by atoms with E-state index in [9.17, 15) is 88.0 Å². The van der Waals surface area contributed by atoms with Gasteiger partial charge in [0.25, 0.3) is 60.7 Å². The van der Waals surface area contributed by atoms with E-state index in [1.54, 1.807) is 0 Å². The number of rotatable bonds is 22. The van der Waals surface area contributed by atoms with Crippen molar-refractivity contribution in [3.8, 4) is 0 Å². The Balaban J connectivity index is 1.34. The highest BCUT2D eigenvalue weighted by Gasteiger charge is 2.25. The SMILES string of the molecule is CC(CO)Nc1nc(Nc2ccc(/C=C/c3ccc(Nc4nc(Nc5cc(S(=O)(=O)O)ccc5S(=O)(=O)O)nc(NC(C)CO)n4)cc3S(=O)(=O)O)c(S(=O)(=O)O)c2)nc(Nc2cc(S(=O)(=O)O)ccc2S(=O)(=O)O)n1. The van der Waals surface area contributed by atoms with Gasteiger partial charge in [-0.1, -0.05) is 24.3 Å². The third-order valence-electron chi connectivity index (χ3n) is 9.65. The minimum atomic E-state index is -5.15. The van der Waals surface area contributed by atoms with E-state index in [1.165, 1.54) is 26.0 Å². The summed E-state index contributed by atoms with van der Waals surface area (Å²) in [7, 11) is -30.3. The van der Waals surface area contributed by atoms with Crippen LogP contribution in [0.3, 0.4) is 0 Å². The lowest BCUT2D eigenvalue weighted by molar-refractivity contribution is 0.281. The molecule has 6 aromatic rings. The predicted octanol–water partition coefficient (Wildman–Crippen LogP) is 2.27. The highest BCUT2D eigenvalue weighted by atomic mass is 32.2. The minimum Gasteiger partial charge on any atom is -0.394 e. The van der Waals surface area contributed by atoms with Gasteiger partial charge in [-0.15, -0.1) is 0 Å². The zero-order chi connectivity index (χ0) is 56.3. The molecule has 0 saturated carbocycles. The fraction of sp³-hybridized carbons (Fsp3) is 0.158. The summed E-state index contributed by atoms with van der Waals surface area (Å²) in [5, 5.41) is 34.7. The van der Waals surface area contributed by atoms with E-state index < -0.39 is 151 Å². The zero-order valence-corrected chi connectivity index (χ0v) is 43.2. The highest BCUT2D eigenvalue weighted by Crippen LogP contribution is 2.32. The summed E-state index contributed by atoms with van der Waals surface area (Å²) in [5.41, 5.74) is -2.22. The molecule has 0 saturated heterocycles. The molecule has 76 heavy (non-hydrogen) atoms. The third-order valence-corrected chi connectivity index (χ3v) is 15.0. The van der Waals surface area contributed by atoms with E-state index in [4.69, 9.17) is 0 Å². The first-order valence-electron chi connectivity index (χ1n) is 20.5. The molecule has 0 fully saturated rings. The maximum Gasteiger partial charge on any atom is 0.296 e. The lowest BCUT2D eigenvalue weighted by Crippen LogP contribution is -2.22. The van der Waals surface area contributed by atoms with E-state index >= 15 is 0 Å². The Hall–Kier alpha value is -7.18. The number of nitrogens with one attached hydrogen (secondary N) is 6. The van der Waals surface area contributed by atoms with Crippen molar-refractivity contribution in [2.24, 2.45) is 0 Å². The van der Waals surface area contributed by atoms with Gasteiger partial charge < -0.3 is 42.1 Å². The third kappa shape index (κ3) is 15.2. The number of aliphatic hydroxyl groups excluding tert-OH is 2. The lowest BCUT2D eigenvalue weighted by atomic mass is 10.1. The molecule has 0 radical (unpaired) electrons. The summed E-state index contributed by atoms with van der Waals surface area (Å²) in [4.78, 5) is 19.4. The maximum absolute atomic E-state index is 12.8. The van der Waals surface area contributed by atoms with Crippen molar-refractivity contribution in [2.45, 2.75) is 55.3 Å². The van der Waals surface area contributed by atoms with Gasteiger partial charge in [0.2, 0.25) is 35.7 Å². The quantitative estimate of drug-likeness (QED) is 0.0342. The average molecular weight is 1180 g/mol. The molecular formula is C38H40N12O20S6. The standard InChI is InChI=1S/C38H40N12O20S6/c1-19(17-51)39-33-45-35(49-37(47-33)43-27-15-25(71(53,54)55)9-11-29(27)73(59,60)61)41-23-7-5-21(31(13-23)75(65,66)67)3-4-22-6-8-24(14-32(22)76(68,69)70)42-36-46-34(40-20(2)18-52)48-38(50-36)44-28-16-26(72(56,57)58)10-12-30(28)74(62,63)64/h3-16,19-20,51-52H,17-18H2,1-2H3,(H,53,54,55)(H,56,57,58)(H,59,60,61)(H,62,63,64)(H,65,66,67)(H,68,69,70)(H3,39,41,43,45,47,49)(H3,40,42,44,46,48,50)/b4-3+. The first kappa shape index (κ1) is 58.1. The number of aromatic nitrogens is 6. The molecule has 2 unspecified atom stereocenters. The van der Waals surface area contributed by atoms with Gasteiger partial charge in [-0.25, -0.2) is 0 Å². The monoisotopic (exact) mass is 1180 g/mol. The molecule has 0 spiro atoms. The molecule has 408 valence electrons. The molecule has 0 amide bonds. The number of nitrogens with zero attached hydrogens (tertiary/aromatic N) is 6. The number of aliphatic hydroxyl groups is 2.